The molecule has 0 saturated carbocycles. The van der Waals surface area contributed by atoms with Gasteiger partial charge < -0.3 is 8.60 Å². The van der Waals surface area contributed by atoms with Gasteiger partial charge >= 0.3 is 15.7 Å². The fourth-order valence-electron chi connectivity index (χ4n) is 1.97. The lowest BCUT2D eigenvalue weighted by molar-refractivity contribution is 0.485. The Morgan fingerprint density at radius 3 is 2.36 bits per heavy atom. The predicted molar refractivity (Wildman–Crippen MR) is 81.5 cm³/mol. The third-order valence-corrected chi connectivity index (χ3v) is 4.37. The van der Waals surface area contributed by atoms with Crippen LogP contribution in [-0.4, -0.2) is 8.42 Å². The number of fused-ring (bicyclic) bond motifs is 1. The highest BCUT2D eigenvalue weighted by Crippen LogP contribution is 2.23. The van der Waals surface area contributed by atoms with Crippen molar-refractivity contribution in [2.24, 2.45) is 0 Å². The molecule has 0 spiro atoms. The van der Waals surface area contributed by atoms with Gasteiger partial charge in [-0.05, 0) is 37.3 Å². The van der Waals surface area contributed by atoms with Crippen LogP contribution in [0.2, 0.25) is 0 Å². The van der Waals surface area contributed by atoms with Gasteiger partial charge in [0, 0.05) is 17.5 Å². The first-order valence-corrected chi connectivity index (χ1v) is 7.90. The number of rotatable bonds is 3. The van der Waals surface area contributed by atoms with Gasteiger partial charge in [-0.3, -0.25) is 0 Å². The van der Waals surface area contributed by atoms with Crippen molar-refractivity contribution in [3.8, 4) is 5.75 Å². The van der Waals surface area contributed by atoms with Crippen LogP contribution in [0, 0.1) is 6.92 Å². The summed E-state index contributed by atoms with van der Waals surface area (Å²) >= 11 is 0. The summed E-state index contributed by atoms with van der Waals surface area (Å²) in [4.78, 5) is 11.3. The van der Waals surface area contributed by atoms with Crippen molar-refractivity contribution in [2.45, 2.75) is 11.8 Å². The van der Waals surface area contributed by atoms with Gasteiger partial charge in [0.1, 0.15) is 16.2 Å². The van der Waals surface area contributed by atoms with Crippen molar-refractivity contribution in [3.63, 3.8) is 0 Å². The zero-order valence-corrected chi connectivity index (χ0v) is 12.5. The highest BCUT2D eigenvalue weighted by Gasteiger charge is 2.16. The Balaban J connectivity index is 1.98. The van der Waals surface area contributed by atoms with E-state index in [2.05, 4.69) is 0 Å². The van der Waals surface area contributed by atoms with E-state index in [0.717, 1.165) is 5.56 Å². The van der Waals surface area contributed by atoms with Gasteiger partial charge in [0.2, 0.25) is 0 Å². The molecule has 5 nitrogen and oxygen atoms in total. The van der Waals surface area contributed by atoms with E-state index in [1.165, 1.54) is 30.3 Å². The number of benzene rings is 2. The molecule has 0 saturated heterocycles. The minimum absolute atomic E-state index is 0.0627. The molecule has 0 N–H and O–H groups in total. The van der Waals surface area contributed by atoms with Crippen molar-refractivity contribution in [1.29, 1.82) is 0 Å². The maximum Gasteiger partial charge on any atom is 0.339 e. The molecule has 0 aliphatic rings. The molecule has 22 heavy (non-hydrogen) atoms. The number of hydrogen-bond donors (Lipinski definition) is 0. The standard InChI is InChI=1S/C16H12O5S/c1-11-2-7-14(8-3-11)22(18,19)21-13-6-4-12-5-9-16(17)20-15(12)10-13/h2-10H,1H3. The Morgan fingerprint density at radius 1 is 0.955 bits per heavy atom. The minimum atomic E-state index is -3.93. The normalized spacial score (nSPS) is 11.5. The van der Waals surface area contributed by atoms with Crippen molar-refractivity contribution >= 4 is 21.1 Å². The third-order valence-electron chi connectivity index (χ3n) is 3.11. The molecular weight excluding hydrogens is 304 g/mol. The van der Waals surface area contributed by atoms with Crippen molar-refractivity contribution in [3.05, 3.63) is 70.6 Å². The van der Waals surface area contributed by atoms with Crippen LogP contribution in [0.4, 0.5) is 0 Å². The van der Waals surface area contributed by atoms with Crippen LogP contribution in [0.3, 0.4) is 0 Å². The van der Waals surface area contributed by atoms with Crippen LogP contribution < -0.4 is 9.81 Å². The van der Waals surface area contributed by atoms with Crippen molar-refractivity contribution in [1.82, 2.24) is 0 Å². The quantitative estimate of drug-likeness (QED) is 0.549. The molecule has 0 aliphatic carbocycles. The van der Waals surface area contributed by atoms with Gasteiger partial charge in [0.15, 0.2) is 0 Å². The van der Waals surface area contributed by atoms with E-state index >= 15 is 0 Å². The fourth-order valence-corrected chi connectivity index (χ4v) is 2.90. The molecule has 3 rings (SSSR count). The Morgan fingerprint density at radius 2 is 1.64 bits per heavy atom. The highest BCUT2D eigenvalue weighted by molar-refractivity contribution is 7.87. The van der Waals surface area contributed by atoms with Crippen molar-refractivity contribution < 1.29 is 17.0 Å². The smallest absolute Gasteiger partial charge is 0.339 e. The van der Waals surface area contributed by atoms with Crippen LogP contribution >= 0.6 is 0 Å². The van der Waals surface area contributed by atoms with E-state index < -0.39 is 15.7 Å². The molecule has 112 valence electrons. The summed E-state index contributed by atoms with van der Waals surface area (Å²) in [7, 11) is -3.93. The van der Waals surface area contributed by atoms with E-state index in [0.29, 0.717) is 5.39 Å². The number of hydrogen-bond acceptors (Lipinski definition) is 5. The minimum Gasteiger partial charge on any atom is -0.423 e. The Bertz CT molecular complexity index is 985. The van der Waals surface area contributed by atoms with Crippen LogP contribution in [0.15, 0.2) is 68.7 Å². The molecule has 0 bridgehead atoms. The van der Waals surface area contributed by atoms with Crippen LogP contribution in [-0.2, 0) is 10.1 Å². The monoisotopic (exact) mass is 316 g/mol. The molecule has 2 aromatic carbocycles. The summed E-state index contributed by atoms with van der Waals surface area (Å²) in [5.74, 6) is 0.0856. The van der Waals surface area contributed by atoms with Crippen LogP contribution in [0.1, 0.15) is 5.56 Å². The second-order valence-electron chi connectivity index (χ2n) is 4.80. The lowest BCUT2D eigenvalue weighted by Crippen LogP contribution is -2.09. The summed E-state index contributed by atoms with van der Waals surface area (Å²) in [6, 6.07) is 13.7. The molecule has 3 aromatic rings. The van der Waals surface area contributed by atoms with E-state index in [9.17, 15) is 13.2 Å². The summed E-state index contributed by atoms with van der Waals surface area (Å²) < 4.78 is 34.5. The van der Waals surface area contributed by atoms with Crippen LogP contribution in [0.25, 0.3) is 11.0 Å². The molecular formula is C16H12O5S. The Labute approximate surface area is 126 Å². The van der Waals surface area contributed by atoms with E-state index in [1.54, 1.807) is 24.3 Å². The van der Waals surface area contributed by atoms with Crippen molar-refractivity contribution in [2.75, 3.05) is 0 Å². The molecule has 6 heteroatoms. The first kappa shape index (κ1) is 14.3. The fraction of sp³-hybridized carbons (Fsp3) is 0.0625. The molecule has 0 atom stereocenters. The molecule has 0 amide bonds. The summed E-state index contributed by atoms with van der Waals surface area (Å²) in [5, 5.41) is 0.680. The van der Waals surface area contributed by atoms with E-state index in [1.807, 2.05) is 6.92 Å². The number of aryl methyl sites for hydroxylation is 1. The second kappa shape index (κ2) is 5.31. The molecule has 0 fully saturated rings. The zero-order valence-electron chi connectivity index (χ0n) is 11.6. The highest BCUT2D eigenvalue weighted by atomic mass is 32.2. The first-order chi connectivity index (χ1) is 10.4. The molecule has 1 aromatic heterocycles. The largest absolute Gasteiger partial charge is 0.423 e. The molecule has 0 radical (unpaired) electrons. The maximum atomic E-state index is 12.2. The van der Waals surface area contributed by atoms with E-state index in [4.69, 9.17) is 8.60 Å². The zero-order chi connectivity index (χ0) is 15.7. The summed E-state index contributed by atoms with van der Waals surface area (Å²) in [6.07, 6.45) is 0. The Kier molecular flexibility index (Phi) is 3.46. The Hall–Kier alpha value is -2.60. The van der Waals surface area contributed by atoms with Gasteiger partial charge in [-0.1, -0.05) is 17.7 Å². The first-order valence-electron chi connectivity index (χ1n) is 6.49. The van der Waals surface area contributed by atoms with Gasteiger partial charge in [-0.15, -0.1) is 0 Å². The van der Waals surface area contributed by atoms with E-state index in [-0.39, 0.29) is 16.2 Å². The maximum absolute atomic E-state index is 12.2. The lowest BCUT2D eigenvalue weighted by Gasteiger charge is -2.07. The average Bonchev–Trinajstić information content (AvgIpc) is 2.47. The summed E-state index contributed by atoms with van der Waals surface area (Å²) in [5.41, 5.74) is 0.710. The lowest BCUT2D eigenvalue weighted by atomic mass is 10.2. The third kappa shape index (κ3) is 2.87. The summed E-state index contributed by atoms with van der Waals surface area (Å²) in [6.45, 7) is 1.86. The topological polar surface area (TPSA) is 73.6 Å². The predicted octanol–water partition coefficient (Wildman–Crippen LogP) is 2.87. The van der Waals surface area contributed by atoms with Crippen LogP contribution in [0.5, 0.6) is 5.75 Å². The van der Waals surface area contributed by atoms with Gasteiger partial charge in [-0.25, -0.2) is 4.79 Å². The SMILES string of the molecule is Cc1ccc(S(=O)(=O)Oc2ccc3ccc(=O)oc3c2)cc1. The van der Waals surface area contributed by atoms with Gasteiger partial charge in [0.25, 0.3) is 0 Å². The molecule has 0 aliphatic heterocycles. The molecule has 0 unspecified atom stereocenters. The average molecular weight is 316 g/mol. The van der Waals surface area contributed by atoms with Gasteiger partial charge in [-0.2, -0.15) is 8.42 Å². The molecule has 1 heterocycles. The van der Waals surface area contributed by atoms with Gasteiger partial charge in [0.05, 0.1) is 0 Å². The second-order valence-corrected chi connectivity index (χ2v) is 6.35.